The zero-order valence-electron chi connectivity index (χ0n) is 13.7. The van der Waals surface area contributed by atoms with Crippen LogP contribution < -0.4 is 5.73 Å². The topological polar surface area (TPSA) is 32.5 Å². The largest absolute Gasteiger partial charge is 0.329 e. The van der Waals surface area contributed by atoms with Crippen LogP contribution in [0.15, 0.2) is 18.2 Å². The van der Waals surface area contributed by atoms with Crippen LogP contribution in [0.1, 0.15) is 42.5 Å². The van der Waals surface area contributed by atoms with Crippen molar-refractivity contribution in [2.75, 3.05) is 26.2 Å². The lowest BCUT2D eigenvalue weighted by atomic mass is 9.95. The van der Waals surface area contributed by atoms with Crippen LogP contribution in [0.2, 0.25) is 0 Å². The van der Waals surface area contributed by atoms with E-state index in [-0.39, 0.29) is 0 Å². The van der Waals surface area contributed by atoms with Crippen LogP contribution in [0, 0.1) is 13.8 Å². The van der Waals surface area contributed by atoms with E-state index in [1.165, 1.54) is 49.2 Å². The molecular formula is C18H29N3. The van der Waals surface area contributed by atoms with E-state index in [2.05, 4.69) is 48.8 Å². The minimum atomic E-state index is 0.364. The Bertz CT molecular complexity index is 499. The SMILES string of the molecule is Cc1ccc(C)c(C(CN)N2CC3CCCN3CC2C)c1. The third-order valence-electron chi connectivity index (χ3n) is 5.40. The number of hydrogen-bond acceptors (Lipinski definition) is 3. The lowest BCUT2D eigenvalue weighted by molar-refractivity contribution is 0.0294. The maximum atomic E-state index is 6.20. The highest BCUT2D eigenvalue weighted by atomic mass is 15.3. The second kappa shape index (κ2) is 6.07. The number of nitrogens with zero attached hydrogens (tertiary/aromatic N) is 2. The van der Waals surface area contributed by atoms with Crippen LogP contribution in [-0.4, -0.2) is 48.1 Å². The minimum absolute atomic E-state index is 0.364. The van der Waals surface area contributed by atoms with Crippen molar-refractivity contribution in [1.29, 1.82) is 0 Å². The Morgan fingerprint density at radius 2 is 2.10 bits per heavy atom. The van der Waals surface area contributed by atoms with Gasteiger partial charge >= 0.3 is 0 Å². The second-order valence-corrected chi connectivity index (χ2v) is 6.95. The molecule has 116 valence electrons. The summed E-state index contributed by atoms with van der Waals surface area (Å²) in [6, 6.07) is 8.48. The average Bonchev–Trinajstić information content (AvgIpc) is 2.90. The molecule has 2 heterocycles. The van der Waals surface area contributed by atoms with Gasteiger partial charge in [-0.2, -0.15) is 0 Å². The molecule has 1 aromatic carbocycles. The maximum absolute atomic E-state index is 6.20. The molecule has 2 aliphatic rings. The Kier molecular flexibility index (Phi) is 4.34. The van der Waals surface area contributed by atoms with E-state index in [0.29, 0.717) is 18.6 Å². The van der Waals surface area contributed by atoms with Crippen molar-refractivity contribution in [3.05, 3.63) is 34.9 Å². The Hall–Kier alpha value is -0.900. The van der Waals surface area contributed by atoms with E-state index in [4.69, 9.17) is 5.73 Å². The average molecular weight is 287 g/mol. The predicted molar refractivity (Wildman–Crippen MR) is 88.5 cm³/mol. The molecular weight excluding hydrogens is 258 g/mol. The monoisotopic (exact) mass is 287 g/mol. The Morgan fingerprint density at radius 1 is 1.29 bits per heavy atom. The van der Waals surface area contributed by atoms with Gasteiger partial charge in [0.2, 0.25) is 0 Å². The summed E-state index contributed by atoms with van der Waals surface area (Å²) in [5, 5.41) is 0. The van der Waals surface area contributed by atoms with E-state index in [1.807, 2.05) is 0 Å². The minimum Gasteiger partial charge on any atom is -0.329 e. The van der Waals surface area contributed by atoms with Crippen molar-refractivity contribution in [1.82, 2.24) is 9.80 Å². The second-order valence-electron chi connectivity index (χ2n) is 6.95. The number of nitrogens with two attached hydrogens (primary N) is 1. The van der Waals surface area contributed by atoms with Gasteiger partial charge in [0, 0.05) is 37.8 Å². The van der Waals surface area contributed by atoms with Gasteiger partial charge in [-0.25, -0.2) is 0 Å². The van der Waals surface area contributed by atoms with Crippen LogP contribution >= 0.6 is 0 Å². The van der Waals surface area contributed by atoms with Crippen molar-refractivity contribution in [2.45, 2.75) is 51.7 Å². The molecule has 2 saturated heterocycles. The first-order valence-corrected chi connectivity index (χ1v) is 8.37. The lowest BCUT2D eigenvalue weighted by Crippen LogP contribution is -2.56. The number of aryl methyl sites for hydroxylation is 2. The fraction of sp³-hybridized carbons (Fsp3) is 0.667. The summed E-state index contributed by atoms with van der Waals surface area (Å²) in [4.78, 5) is 5.34. The van der Waals surface area contributed by atoms with Crippen molar-refractivity contribution >= 4 is 0 Å². The molecule has 0 spiro atoms. The summed E-state index contributed by atoms with van der Waals surface area (Å²) < 4.78 is 0. The summed E-state index contributed by atoms with van der Waals surface area (Å²) in [5.74, 6) is 0. The standard InChI is InChI=1S/C18H29N3/c1-13-6-7-14(2)17(9-13)18(10-19)21-12-16-5-4-8-20(16)11-15(21)3/h6-7,9,15-16,18H,4-5,8,10-12,19H2,1-3H3. The number of piperazine rings is 1. The van der Waals surface area contributed by atoms with E-state index in [9.17, 15) is 0 Å². The highest BCUT2D eigenvalue weighted by Gasteiger charge is 2.37. The van der Waals surface area contributed by atoms with Gasteiger partial charge in [0.25, 0.3) is 0 Å². The van der Waals surface area contributed by atoms with Crippen LogP contribution in [-0.2, 0) is 0 Å². The van der Waals surface area contributed by atoms with Crippen LogP contribution in [0.3, 0.4) is 0 Å². The Balaban J connectivity index is 1.86. The molecule has 0 aromatic heterocycles. The molecule has 3 heteroatoms. The zero-order valence-corrected chi connectivity index (χ0v) is 13.7. The van der Waals surface area contributed by atoms with Crippen LogP contribution in [0.25, 0.3) is 0 Å². The van der Waals surface area contributed by atoms with E-state index in [1.54, 1.807) is 0 Å². The smallest absolute Gasteiger partial charge is 0.0477 e. The molecule has 0 radical (unpaired) electrons. The quantitative estimate of drug-likeness (QED) is 0.927. The van der Waals surface area contributed by atoms with Gasteiger partial charge in [-0.05, 0) is 51.3 Å². The molecule has 3 nitrogen and oxygen atoms in total. The van der Waals surface area contributed by atoms with Gasteiger partial charge in [-0.15, -0.1) is 0 Å². The van der Waals surface area contributed by atoms with Crippen molar-refractivity contribution in [3.8, 4) is 0 Å². The number of benzene rings is 1. The first-order chi connectivity index (χ1) is 10.1. The van der Waals surface area contributed by atoms with Crippen molar-refractivity contribution in [3.63, 3.8) is 0 Å². The van der Waals surface area contributed by atoms with Crippen LogP contribution in [0.5, 0.6) is 0 Å². The highest BCUT2D eigenvalue weighted by molar-refractivity contribution is 5.33. The van der Waals surface area contributed by atoms with Gasteiger partial charge in [0.05, 0.1) is 0 Å². The van der Waals surface area contributed by atoms with Crippen LogP contribution in [0.4, 0.5) is 0 Å². The molecule has 0 saturated carbocycles. The molecule has 1 aromatic rings. The summed E-state index contributed by atoms with van der Waals surface area (Å²) in [7, 11) is 0. The van der Waals surface area contributed by atoms with Gasteiger partial charge in [0.15, 0.2) is 0 Å². The molecule has 2 aliphatic heterocycles. The summed E-state index contributed by atoms with van der Waals surface area (Å²) in [5.41, 5.74) is 10.3. The molecule has 3 rings (SSSR count). The molecule has 0 bridgehead atoms. The third-order valence-corrected chi connectivity index (χ3v) is 5.40. The van der Waals surface area contributed by atoms with Gasteiger partial charge in [0.1, 0.15) is 0 Å². The molecule has 0 aliphatic carbocycles. The molecule has 2 N–H and O–H groups in total. The fourth-order valence-electron chi connectivity index (χ4n) is 4.20. The number of hydrogen-bond donors (Lipinski definition) is 1. The fourth-order valence-corrected chi connectivity index (χ4v) is 4.20. The first kappa shape index (κ1) is 15.0. The number of rotatable bonds is 3. The summed E-state index contributed by atoms with van der Waals surface area (Å²) in [6.45, 7) is 11.1. The van der Waals surface area contributed by atoms with E-state index >= 15 is 0 Å². The van der Waals surface area contributed by atoms with Crippen molar-refractivity contribution < 1.29 is 0 Å². The highest BCUT2D eigenvalue weighted by Crippen LogP contribution is 2.32. The zero-order chi connectivity index (χ0) is 15.0. The van der Waals surface area contributed by atoms with Crippen molar-refractivity contribution in [2.24, 2.45) is 5.73 Å². The lowest BCUT2D eigenvalue weighted by Gasteiger charge is -2.46. The molecule has 2 fully saturated rings. The summed E-state index contributed by atoms with van der Waals surface area (Å²) >= 11 is 0. The van der Waals surface area contributed by atoms with Gasteiger partial charge in [-0.3, -0.25) is 9.80 Å². The normalized spacial score (nSPS) is 28.6. The summed E-state index contributed by atoms with van der Waals surface area (Å²) in [6.07, 6.45) is 2.72. The number of fused-ring (bicyclic) bond motifs is 1. The van der Waals surface area contributed by atoms with Gasteiger partial charge in [-0.1, -0.05) is 23.8 Å². The first-order valence-electron chi connectivity index (χ1n) is 8.37. The predicted octanol–water partition coefficient (Wildman–Crippen LogP) is 2.47. The maximum Gasteiger partial charge on any atom is 0.0477 e. The Morgan fingerprint density at radius 3 is 2.86 bits per heavy atom. The van der Waals surface area contributed by atoms with Gasteiger partial charge < -0.3 is 5.73 Å². The third kappa shape index (κ3) is 2.87. The van der Waals surface area contributed by atoms with E-state index in [0.717, 1.165) is 6.04 Å². The Labute approximate surface area is 129 Å². The molecule has 21 heavy (non-hydrogen) atoms. The molecule has 0 amide bonds. The molecule has 3 unspecified atom stereocenters. The molecule has 3 atom stereocenters. The van der Waals surface area contributed by atoms with E-state index < -0.39 is 0 Å².